The van der Waals surface area contributed by atoms with Crippen molar-refractivity contribution < 1.29 is 33.4 Å². The molecular weight excluding hydrogens is 811 g/mol. The van der Waals surface area contributed by atoms with E-state index in [4.69, 9.17) is 9.47 Å². The SMILES string of the molecule is CCN(CC1CCN(c2ccc(C(=O)N[C@H]3C(C)(C)[C@H](Oc4ccc(C#N)c5ncccc45)C3(C)C)cc2)CC1)C1CC(Oc2ccc3c(c2)C(=O)N(C2CCC(=O)NC2=O)C3=O)C1. The van der Waals surface area contributed by atoms with Gasteiger partial charge < -0.3 is 24.6 Å². The third-order valence-electron chi connectivity index (χ3n) is 14.5. The van der Waals surface area contributed by atoms with Crippen molar-refractivity contribution in [2.75, 3.05) is 31.1 Å². The number of carbonyl (C=O) groups is 5. The number of benzene rings is 3. The number of aromatic nitrogens is 1. The van der Waals surface area contributed by atoms with E-state index in [1.54, 1.807) is 30.5 Å². The minimum Gasteiger partial charge on any atom is -0.490 e. The number of carbonyl (C=O) groups excluding carboxylic acids is 5. The third kappa shape index (κ3) is 7.63. The van der Waals surface area contributed by atoms with Crippen LogP contribution in [0.1, 0.15) is 110 Å². The lowest BCUT2D eigenvalue weighted by Crippen LogP contribution is -2.74. The monoisotopic (exact) mass is 865 g/mol. The van der Waals surface area contributed by atoms with E-state index in [2.05, 4.69) is 78.2 Å². The topological polar surface area (TPSA) is 174 Å². The summed E-state index contributed by atoms with van der Waals surface area (Å²) in [7, 11) is 0. The van der Waals surface area contributed by atoms with Crippen molar-refractivity contribution in [1.82, 2.24) is 25.4 Å². The smallest absolute Gasteiger partial charge is 0.262 e. The van der Waals surface area contributed by atoms with Gasteiger partial charge in [0.15, 0.2) is 0 Å². The van der Waals surface area contributed by atoms with Crippen LogP contribution in [-0.4, -0.2) is 101 Å². The summed E-state index contributed by atoms with van der Waals surface area (Å²) >= 11 is 0. The number of ether oxygens (including phenoxy) is 2. The molecule has 4 heterocycles. The molecule has 0 spiro atoms. The molecule has 3 aliphatic heterocycles. The maximum atomic E-state index is 13.7. The zero-order valence-electron chi connectivity index (χ0n) is 37.1. The molecule has 5 amide bonds. The van der Waals surface area contributed by atoms with Crippen LogP contribution in [-0.2, 0) is 9.59 Å². The molecule has 64 heavy (non-hydrogen) atoms. The average molecular weight is 866 g/mol. The number of imide groups is 2. The van der Waals surface area contributed by atoms with E-state index in [9.17, 15) is 29.2 Å². The first-order valence-corrected chi connectivity index (χ1v) is 22.5. The van der Waals surface area contributed by atoms with Crippen LogP contribution in [0.2, 0.25) is 0 Å². The Hall–Kier alpha value is -6.33. The van der Waals surface area contributed by atoms with E-state index in [0.29, 0.717) is 40.1 Å². The lowest BCUT2D eigenvalue weighted by molar-refractivity contribution is -0.163. The Morgan fingerprint density at radius 2 is 1.64 bits per heavy atom. The Labute approximate surface area is 373 Å². The molecule has 1 unspecified atom stereocenters. The number of amides is 5. The Balaban J connectivity index is 0.733. The minimum atomic E-state index is -1.000. The molecule has 14 nitrogen and oxygen atoms in total. The summed E-state index contributed by atoms with van der Waals surface area (Å²) in [6.45, 7) is 14.6. The fourth-order valence-electron chi connectivity index (χ4n) is 11.2. The van der Waals surface area contributed by atoms with Crippen molar-refractivity contribution >= 4 is 46.1 Å². The number of hydrogen-bond donors (Lipinski definition) is 2. The lowest BCUT2D eigenvalue weighted by atomic mass is 9.49. The van der Waals surface area contributed by atoms with Gasteiger partial charge in [-0.3, -0.25) is 39.2 Å². The second kappa shape index (κ2) is 16.7. The molecule has 14 heteroatoms. The van der Waals surface area contributed by atoms with Gasteiger partial charge in [-0.25, -0.2) is 0 Å². The molecule has 4 aromatic rings. The number of fused-ring (bicyclic) bond motifs is 2. The van der Waals surface area contributed by atoms with Gasteiger partial charge in [-0.15, -0.1) is 0 Å². The summed E-state index contributed by atoms with van der Waals surface area (Å²) in [6.07, 6.45) is 5.58. The zero-order valence-corrected chi connectivity index (χ0v) is 37.1. The molecule has 3 aromatic carbocycles. The van der Waals surface area contributed by atoms with Gasteiger partial charge in [-0.05, 0) is 98.5 Å². The predicted molar refractivity (Wildman–Crippen MR) is 239 cm³/mol. The maximum Gasteiger partial charge on any atom is 0.262 e. The van der Waals surface area contributed by atoms with Crippen LogP contribution < -0.4 is 25.0 Å². The summed E-state index contributed by atoms with van der Waals surface area (Å²) in [6, 6.07) is 21.7. The Morgan fingerprint density at radius 1 is 0.922 bits per heavy atom. The standard InChI is InChI=1S/C50H55N7O7/c1-6-55(33-24-35(25-33)63-34-14-15-36-38(26-34)46(62)57(45(36)61)39-16-18-41(58)53-44(39)60)28-29-19-22-56(23-20-29)32-12-9-30(10-13-32)43(59)54-47-49(2,3)48(50(47,4)5)64-40-17-11-31(27-51)42-37(40)8-7-21-52-42/h7-15,17,21,26,29,33,35,39,47-48H,6,16,18-20,22-25,28H2,1-5H3,(H,54,59)(H,53,58,60)/t33?,35?,39?,47-,48-. The van der Waals surface area contributed by atoms with Gasteiger partial charge in [0.25, 0.3) is 17.7 Å². The lowest BCUT2D eigenvalue weighted by Gasteiger charge is -2.63. The molecule has 0 radical (unpaired) electrons. The van der Waals surface area contributed by atoms with E-state index in [1.807, 2.05) is 30.3 Å². The van der Waals surface area contributed by atoms with Gasteiger partial charge in [-0.2, -0.15) is 5.26 Å². The second-order valence-corrected chi connectivity index (χ2v) is 19.3. The van der Waals surface area contributed by atoms with E-state index in [1.165, 1.54) is 0 Å². The summed E-state index contributed by atoms with van der Waals surface area (Å²) in [5.74, 6) is -0.430. The van der Waals surface area contributed by atoms with Gasteiger partial charge in [-0.1, -0.05) is 34.6 Å². The Morgan fingerprint density at radius 3 is 2.33 bits per heavy atom. The fourth-order valence-corrected chi connectivity index (χ4v) is 11.2. The molecule has 4 fully saturated rings. The van der Waals surface area contributed by atoms with Crippen LogP contribution in [0.25, 0.3) is 10.9 Å². The average Bonchev–Trinajstić information content (AvgIpc) is 3.52. The molecule has 9 rings (SSSR count). The van der Waals surface area contributed by atoms with Crippen molar-refractivity contribution in [3.8, 4) is 17.6 Å². The minimum absolute atomic E-state index is 0.000737. The maximum absolute atomic E-state index is 13.7. The van der Waals surface area contributed by atoms with Crippen LogP contribution in [0.5, 0.6) is 11.5 Å². The van der Waals surface area contributed by atoms with E-state index >= 15 is 0 Å². The van der Waals surface area contributed by atoms with E-state index in [0.717, 1.165) is 67.8 Å². The number of hydrogen-bond acceptors (Lipinski definition) is 11. The first-order chi connectivity index (χ1) is 30.7. The number of anilines is 1. The van der Waals surface area contributed by atoms with Crippen molar-refractivity contribution in [3.63, 3.8) is 0 Å². The van der Waals surface area contributed by atoms with E-state index in [-0.39, 0.29) is 59.0 Å². The fraction of sp³-hybridized carbons (Fsp3) is 0.460. The van der Waals surface area contributed by atoms with Gasteiger partial charge in [0.1, 0.15) is 35.8 Å². The normalized spacial score (nSPS) is 25.0. The molecule has 2 aliphatic carbocycles. The highest BCUT2D eigenvalue weighted by molar-refractivity contribution is 6.23. The van der Waals surface area contributed by atoms with Gasteiger partial charge >= 0.3 is 0 Å². The van der Waals surface area contributed by atoms with Crippen molar-refractivity contribution in [1.29, 1.82) is 5.26 Å². The van der Waals surface area contributed by atoms with Crippen LogP contribution >= 0.6 is 0 Å². The van der Waals surface area contributed by atoms with Crippen LogP contribution in [0, 0.1) is 28.1 Å². The summed E-state index contributed by atoms with van der Waals surface area (Å²) in [5, 5.41) is 15.9. The van der Waals surface area contributed by atoms with Crippen LogP contribution in [0.15, 0.2) is 72.9 Å². The number of piperidine rings is 2. The highest BCUT2D eigenvalue weighted by atomic mass is 16.5. The highest BCUT2D eigenvalue weighted by Crippen LogP contribution is 2.56. The summed E-state index contributed by atoms with van der Waals surface area (Å²) < 4.78 is 12.9. The van der Waals surface area contributed by atoms with Crippen molar-refractivity contribution in [2.45, 2.75) is 103 Å². The first-order valence-electron chi connectivity index (χ1n) is 22.5. The number of pyridine rings is 1. The highest BCUT2D eigenvalue weighted by Gasteiger charge is 2.64. The molecule has 2 saturated carbocycles. The zero-order chi connectivity index (χ0) is 45.1. The first kappa shape index (κ1) is 42.9. The predicted octanol–water partition coefficient (Wildman–Crippen LogP) is 6.27. The van der Waals surface area contributed by atoms with Crippen LogP contribution in [0.4, 0.5) is 5.69 Å². The van der Waals surface area contributed by atoms with Gasteiger partial charge in [0.2, 0.25) is 11.8 Å². The molecule has 2 saturated heterocycles. The number of nitriles is 1. The van der Waals surface area contributed by atoms with Crippen molar-refractivity contribution in [3.05, 3.63) is 95.2 Å². The number of nitrogens with one attached hydrogen (secondary N) is 2. The summed E-state index contributed by atoms with van der Waals surface area (Å²) in [4.78, 5) is 74.5. The quantitative estimate of drug-likeness (QED) is 0.154. The van der Waals surface area contributed by atoms with Crippen LogP contribution in [0.3, 0.4) is 0 Å². The Bertz CT molecular complexity index is 2550. The molecule has 332 valence electrons. The molecule has 1 aromatic heterocycles. The third-order valence-corrected chi connectivity index (χ3v) is 14.5. The number of nitrogens with zero attached hydrogens (tertiary/aromatic N) is 5. The molecule has 0 bridgehead atoms. The molecular formula is C50H55N7O7. The second-order valence-electron chi connectivity index (χ2n) is 19.3. The Kier molecular flexibility index (Phi) is 11.2. The number of rotatable bonds is 12. The van der Waals surface area contributed by atoms with E-state index < -0.39 is 29.7 Å². The molecule has 5 aliphatic rings. The van der Waals surface area contributed by atoms with Crippen molar-refractivity contribution in [2.24, 2.45) is 16.7 Å². The van der Waals surface area contributed by atoms with Gasteiger partial charge in [0.05, 0.1) is 22.2 Å². The summed E-state index contributed by atoms with van der Waals surface area (Å²) in [5.41, 5.74) is 2.59. The molecule has 2 N–H and O–H groups in total. The van der Waals surface area contributed by atoms with Gasteiger partial charge in [0, 0.05) is 84.6 Å². The molecule has 1 atom stereocenters. The largest absolute Gasteiger partial charge is 0.490 e.